The Morgan fingerprint density at radius 2 is 1.67 bits per heavy atom. The SMILES string of the molecule is CC(C)(C)NS(=O)(=O)c1cccc(NC(=O)c2ccc(NS(=O)(=O)CCO)cc2N2CCC(=C(F)F)CC2)c1. The van der Waals surface area contributed by atoms with Crippen LogP contribution in [0.4, 0.5) is 25.8 Å². The molecule has 0 radical (unpaired) electrons. The minimum absolute atomic E-state index is 0.0268. The molecule has 214 valence electrons. The van der Waals surface area contributed by atoms with Gasteiger partial charge in [0.05, 0.1) is 34.2 Å². The highest BCUT2D eigenvalue weighted by Crippen LogP contribution is 2.31. The van der Waals surface area contributed by atoms with Crippen LogP contribution in [0.2, 0.25) is 0 Å². The molecule has 2 aromatic carbocycles. The summed E-state index contributed by atoms with van der Waals surface area (Å²) in [5.41, 5.74) is 0.0942. The van der Waals surface area contributed by atoms with Gasteiger partial charge >= 0.3 is 0 Å². The van der Waals surface area contributed by atoms with Crippen molar-refractivity contribution in [2.75, 3.05) is 40.4 Å². The molecule has 1 aliphatic heterocycles. The first-order valence-electron chi connectivity index (χ1n) is 12.1. The molecule has 0 bridgehead atoms. The number of aliphatic hydroxyl groups is 1. The Balaban J connectivity index is 1.93. The molecule has 0 aromatic heterocycles. The molecule has 1 fully saturated rings. The molecule has 0 atom stereocenters. The summed E-state index contributed by atoms with van der Waals surface area (Å²) in [4.78, 5) is 15.0. The number of carbonyl (C=O) groups excluding carboxylic acids is 1. The van der Waals surface area contributed by atoms with Crippen molar-refractivity contribution in [2.45, 2.75) is 44.0 Å². The molecule has 1 aliphatic rings. The normalized spacial score (nSPS) is 14.7. The zero-order valence-electron chi connectivity index (χ0n) is 21.8. The van der Waals surface area contributed by atoms with Gasteiger partial charge in [0.15, 0.2) is 0 Å². The minimum Gasteiger partial charge on any atom is -0.395 e. The van der Waals surface area contributed by atoms with Crippen LogP contribution >= 0.6 is 0 Å². The number of carbonyl (C=O) groups is 1. The molecule has 10 nitrogen and oxygen atoms in total. The molecule has 1 saturated heterocycles. The first-order chi connectivity index (χ1) is 18.1. The maximum absolute atomic E-state index is 13.3. The summed E-state index contributed by atoms with van der Waals surface area (Å²) in [6, 6.07) is 9.90. The third-order valence-electron chi connectivity index (χ3n) is 5.69. The van der Waals surface area contributed by atoms with Gasteiger partial charge in [-0.2, -0.15) is 8.78 Å². The van der Waals surface area contributed by atoms with Crippen LogP contribution < -0.4 is 19.7 Å². The van der Waals surface area contributed by atoms with Gasteiger partial charge in [0.2, 0.25) is 20.0 Å². The van der Waals surface area contributed by atoms with Gasteiger partial charge in [0.1, 0.15) is 0 Å². The average molecular weight is 587 g/mol. The minimum atomic E-state index is -3.86. The standard InChI is InChI=1S/C25H32F2N4O6S2/c1-25(2,3)30-39(36,37)20-6-4-5-18(15-20)28-24(33)21-8-7-19(29-38(34,35)14-13-32)16-22(21)31-11-9-17(10-12-31)23(26)27/h4-8,15-16,29-30,32H,9-14H2,1-3H3,(H,28,33). The number of aliphatic hydroxyl groups excluding tert-OH is 1. The first-order valence-corrected chi connectivity index (χ1v) is 15.2. The smallest absolute Gasteiger partial charge is 0.269 e. The van der Waals surface area contributed by atoms with Crippen LogP contribution in [0, 0.1) is 0 Å². The Hall–Kier alpha value is -3.07. The van der Waals surface area contributed by atoms with Crippen molar-refractivity contribution in [3.05, 3.63) is 59.7 Å². The van der Waals surface area contributed by atoms with Crippen molar-refractivity contribution in [2.24, 2.45) is 0 Å². The molecule has 0 aliphatic carbocycles. The van der Waals surface area contributed by atoms with Gasteiger partial charge in [-0.05, 0) is 75.6 Å². The van der Waals surface area contributed by atoms with E-state index in [0.29, 0.717) is 5.69 Å². The van der Waals surface area contributed by atoms with Gasteiger partial charge in [-0.3, -0.25) is 9.52 Å². The van der Waals surface area contributed by atoms with Crippen LogP contribution in [0.3, 0.4) is 0 Å². The van der Waals surface area contributed by atoms with Crippen LogP contribution in [0.15, 0.2) is 59.0 Å². The molecule has 2 aromatic rings. The Morgan fingerprint density at radius 1 is 1.00 bits per heavy atom. The number of nitrogens with zero attached hydrogens (tertiary/aromatic N) is 1. The molecule has 0 spiro atoms. The number of sulfonamides is 2. The zero-order valence-corrected chi connectivity index (χ0v) is 23.4. The van der Waals surface area contributed by atoms with Crippen molar-refractivity contribution < 1.29 is 35.5 Å². The lowest BCUT2D eigenvalue weighted by atomic mass is 10.0. The predicted octanol–water partition coefficient (Wildman–Crippen LogP) is 3.50. The van der Waals surface area contributed by atoms with Gasteiger partial charge in [-0.15, -0.1) is 0 Å². The van der Waals surface area contributed by atoms with E-state index in [-0.39, 0.29) is 53.3 Å². The third-order valence-corrected chi connectivity index (χ3v) is 8.72. The number of benzene rings is 2. The van der Waals surface area contributed by atoms with Crippen LogP contribution in [0.1, 0.15) is 44.0 Å². The van der Waals surface area contributed by atoms with Crippen molar-refractivity contribution >= 4 is 43.0 Å². The van der Waals surface area contributed by atoms with E-state index in [0.717, 1.165) is 0 Å². The average Bonchev–Trinajstić information content (AvgIpc) is 2.82. The highest BCUT2D eigenvalue weighted by molar-refractivity contribution is 7.92. The van der Waals surface area contributed by atoms with Crippen LogP contribution in [0.25, 0.3) is 0 Å². The lowest BCUT2D eigenvalue weighted by Crippen LogP contribution is -2.40. The molecule has 4 N–H and O–H groups in total. The van der Waals surface area contributed by atoms with Crippen molar-refractivity contribution in [3.8, 4) is 0 Å². The lowest BCUT2D eigenvalue weighted by molar-refractivity contribution is 0.102. The highest BCUT2D eigenvalue weighted by Gasteiger charge is 2.25. The maximum Gasteiger partial charge on any atom is 0.269 e. The van der Waals surface area contributed by atoms with Gasteiger partial charge in [0.25, 0.3) is 12.0 Å². The van der Waals surface area contributed by atoms with Gasteiger partial charge in [-0.1, -0.05) is 6.07 Å². The molecule has 0 unspecified atom stereocenters. The monoisotopic (exact) mass is 586 g/mol. The number of hydrogen-bond acceptors (Lipinski definition) is 7. The predicted molar refractivity (Wildman–Crippen MR) is 146 cm³/mol. The molecule has 39 heavy (non-hydrogen) atoms. The van der Waals surface area contributed by atoms with Crippen molar-refractivity contribution in [3.63, 3.8) is 0 Å². The number of piperidine rings is 1. The van der Waals surface area contributed by atoms with E-state index >= 15 is 0 Å². The van der Waals surface area contributed by atoms with E-state index in [4.69, 9.17) is 5.11 Å². The summed E-state index contributed by atoms with van der Waals surface area (Å²) in [7, 11) is -7.72. The van der Waals surface area contributed by atoms with E-state index < -0.39 is 49.9 Å². The second-order valence-corrected chi connectivity index (χ2v) is 13.6. The maximum atomic E-state index is 13.3. The number of anilines is 3. The van der Waals surface area contributed by atoms with Gasteiger partial charge in [0, 0.05) is 24.3 Å². The van der Waals surface area contributed by atoms with Gasteiger partial charge in [-0.25, -0.2) is 21.6 Å². The fourth-order valence-electron chi connectivity index (χ4n) is 4.01. The summed E-state index contributed by atoms with van der Waals surface area (Å²) in [5, 5.41) is 11.7. The van der Waals surface area contributed by atoms with Crippen molar-refractivity contribution in [1.29, 1.82) is 0 Å². The van der Waals surface area contributed by atoms with Crippen LogP contribution in [0.5, 0.6) is 0 Å². The second kappa shape index (κ2) is 12.0. The zero-order chi connectivity index (χ0) is 29.0. The topological polar surface area (TPSA) is 145 Å². The molecular formula is C25H32F2N4O6S2. The largest absolute Gasteiger partial charge is 0.395 e. The molecular weight excluding hydrogens is 554 g/mol. The van der Waals surface area contributed by atoms with E-state index in [2.05, 4.69) is 14.8 Å². The Kier molecular flexibility index (Phi) is 9.36. The first kappa shape index (κ1) is 30.5. The second-order valence-electron chi connectivity index (χ2n) is 10.1. The van der Waals surface area contributed by atoms with E-state index in [1.54, 1.807) is 25.7 Å². The molecule has 0 saturated carbocycles. The fourth-order valence-corrected chi connectivity index (χ4v) is 6.30. The van der Waals surface area contributed by atoms with E-state index in [1.807, 2.05) is 0 Å². The third kappa shape index (κ3) is 8.46. The molecule has 1 heterocycles. The number of halogens is 2. The van der Waals surface area contributed by atoms with Crippen LogP contribution in [-0.4, -0.2) is 58.8 Å². The lowest BCUT2D eigenvalue weighted by Gasteiger charge is -2.31. The summed E-state index contributed by atoms with van der Waals surface area (Å²) < 4.78 is 80.8. The summed E-state index contributed by atoms with van der Waals surface area (Å²) >= 11 is 0. The Morgan fingerprint density at radius 3 is 2.26 bits per heavy atom. The fraction of sp³-hybridized carbons (Fsp3) is 0.400. The highest BCUT2D eigenvalue weighted by atomic mass is 32.2. The molecule has 14 heteroatoms. The number of rotatable bonds is 9. The molecule has 3 rings (SSSR count). The van der Waals surface area contributed by atoms with E-state index in [9.17, 15) is 30.4 Å². The number of nitrogens with one attached hydrogen (secondary N) is 3. The molecule has 1 amide bonds. The Bertz CT molecular complexity index is 1460. The van der Waals surface area contributed by atoms with E-state index in [1.165, 1.54) is 42.5 Å². The number of amides is 1. The summed E-state index contributed by atoms with van der Waals surface area (Å²) in [5.74, 6) is -1.13. The summed E-state index contributed by atoms with van der Waals surface area (Å²) in [6.45, 7) is 4.86. The quantitative estimate of drug-likeness (QED) is 0.352. The van der Waals surface area contributed by atoms with Gasteiger partial charge < -0.3 is 15.3 Å². The Labute approximate surface area is 227 Å². The van der Waals surface area contributed by atoms with Crippen LogP contribution in [-0.2, 0) is 20.0 Å². The summed E-state index contributed by atoms with van der Waals surface area (Å²) in [6.07, 6.45) is -1.58. The number of hydrogen-bond donors (Lipinski definition) is 4. The van der Waals surface area contributed by atoms with Crippen molar-refractivity contribution in [1.82, 2.24) is 4.72 Å².